The van der Waals surface area contributed by atoms with Crippen LogP contribution in [0.1, 0.15) is 0 Å². The van der Waals surface area contributed by atoms with Crippen LogP contribution in [0.5, 0.6) is 0 Å². The Labute approximate surface area is 432 Å². The predicted molar refractivity (Wildman–Crippen MR) is 311 cm³/mol. The summed E-state index contributed by atoms with van der Waals surface area (Å²) in [6.07, 6.45) is 0. The molecule has 14 rings (SSSR count). The Morgan fingerprint density at radius 2 is 0.662 bits per heavy atom. The third-order valence-corrected chi connectivity index (χ3v) is 15.4. The first kappa shape index (κ1) is 43.3. The molecule has 0 aliphatic heterocycles. The topological polar surface area (TPSA) is 43.6 Å². The van der Waals surface area contributed by atoms with Crippen molar-refractivity contribution in [1.82, 2.24) is 19.5 Å². The largest absolute Gasteiger partial charge is 0.308 e. The molecule has 0 bridgehead atoms. The summed E-state index contributed by atoms with van der Waals surface area (Å²) in [5, 5.41) is 4.71. The normalized spacial score (nSPS) is 11.5. The second-order valence-electron chi connectivity index (χ2n) is 18.7. The Morgan fingerprint density at radius 3 is 1.20 bits per heavy atom. The minimum Gasteiger partial charge on any atom is -0.308 e. The van der Waals surface area contributed by atoms with Crippen molar-refractivity contribution < 1.29 is 0 Å². The smallest absolute Gasteiger partial charge is 0.164 e. The van der Waals surface area contributed by atoms with Crippen molar-refractivity contribution in [1.29, 1.82) is 0 Å². The van der Waals surface area contributed by atoms with E-state index in [9.17, 15) is 0 Å². The van der Waals surface area contributed by atoms with Gasteiger partial charge >= 0.3 is 0 Å². The van der Waals surface area contributed by atoms with Crippen LogP contribution in [0.25, 0.3) is 137 Å². The van der Waals surface area contributed by atoms with Gasteiger partial charge in [0.1, 0.15) is 0 Å². The molecule has 0 fully saturated rings. The number of rotatable bonds is 9. The van der Waals surface area contributed by atoms with Gasteiger partial charge in [-0.15, -0.1) is 11.3 Å². The van der Waals surface area contributed by atoms with E-state index in [4.69, 9.17) is 15.0 Å². The molecule has 11 aromatic carbocycles. The monoisotopic (exact) mass is 960 g/mol. The fraction of sp³-hybridized carbons (Fsp3) is 0. The number of nitrogens with zero attached hydrogens (tertiary/aromatic N) is 4. The Bertz CT molecular complexity index is 4220. The molecule has 0 atom stereocenters. The quantitative estimate of drug-likeness (QED) is 0.145. The lowest BCUT2D eigenvalue weighted by atomic mass is 9.92. The van der Waals surface area contributed by atoms with Gasteiger partial charge in [0, 0.05) is 58.8 Å². The molecule has 0 amide bonds. The van der Waals surface area contributed by atoms with Gasteiger partial charge in [0.15, 0.2) is 17.5 Å². The van der Waals surface area contributed by atoms with Gasteiger partial charge in [-0.1, -0.05) is 218 Å². The second-order valence-corrected chi connectivity index (χ2v) is 19.8. The van der Waals surface area contributed by atoms with E-state index in [1.54, 1.807) is 11.3 Å². The van der Waals surface area contributed by atoms with E-state index in [1.165, 1.54) is 47.8 Å². The zero-order chi connectivity index (χ0) is 49.0. The van der Waals surface area contributed by atoms with E-state index in [0.29, 0.717) is 17.5 Å². The molecule has 0 unspecified atom stereocenters. The summed E-state index contributed by atoms with van der Waals surface area (Å²) < 4.78 is 4.91. The first-order chi connectivity index (χ1) is 36.7. The molecule has 0 saturated heterocycles. The minimum absolute atomic E-state index is 0.594. The van der Waals surface area contributed by atoms with Crippen LogP contribution in [0.15, 0.2) is 267 Å². The molecule has 0 radical (unpaired) electrons. The molecule has 346 valence electrons. The van der Waals surface area contributed by atoms with Crippen molar-refractivity contribution in [2.24, 2.45) is 0 Å². The molecule has 0 saturated carbocycles. The Hall–Kier alpha value is -9.55. The highest BCUT2D eigenvalue weighted by atomic mass is 32.1. The standard InChI is InChI=1S/C69H44N4S/c1-6-19-45(20-7-1)48-33-35-51(36-34-48)67-70-68(72-69(71-67)56-30-18-32-64-65(56)55-29-16-17-31-63(55)74-64)54-43-57(49-25-12-4-13-26-49)66(58(44-54)50-27-14-5-15-28-50)73-61-39-37-52(46-21-8-2-9-22-46)41-59(61)60-42-53(38-40-62(60)73)47-23-10-3-11-24-47/h1-44H. The van der Waals surface area contributed by atoms with Crippen LogP contribution in [0.3, 0.4) is 0 Å². The lowest BCUT2D eigenvalue weighted by Gasteiger charge is -2.21. The van der Waals surface area contributed by atoms with Gasteiger partial charge in [-0.2, -0.15) is 0 Å². The summed E-state index contributed by atoms with van der Waals surface area (Å²) in [6, 6.07) is 95.6. The predicted octanol–water partition coefficient (Wildman–Crippen LogP) is 18.7. The van der Waals surface area contributed by atoms with Gasteiger partial charge in [-0.3, -0.25) is 0 Å². The molecule has 0 aliphatic carbocycles. The van der Waals surface area contributed by atoms with E-state index in [-0.39, 0.29) is 0 Å². The van der Waals surface area contributed by atoms with Crippen molar-refractivity contribution in [3.05, 3.63) is 267 Å². The maximum atomic E-state index is 5.52. The van der Waals surface area contributed by atoms with Crippen LogP contribution >= 0.6 is 11.3 Å². The molecule has 0 N–H and O–H groups in total. The zero-order valence-electron chi connectivity index (χ0n) is 40.1. The average Bonchev–Trinajstić information content (AvgIpc) is 4.04. The highest BCUT2D eigenvalue weighted by Gasteiger charge is 2.24. The fourth-order valence-corrected chi connectivity index (χ4v) is 11.9. The molecule has 3 heterocycles. The number of aromatic nitrogens is 4. The van der Waals surface area contributed by atoms with Crippen LogP contribution in [-0.4, -0.2) is 19.5 Å². The molecule has 0 aliphatic rings. The van der Waals surface area contributed by atoms with Crippen molar-refractivity contribution in [2.75, 3.05) is 0 Å². The van der Waals surface area contributed by atoms with Gasteiger partial charge in [0.05, 0.1) is 16.7 Å². The van der Waals surface area contributed by atoms with E-state index in [1.807, 2.05) is 6.07 Å². The van der Waals surface area contributed by atoms with Crippen molar-refractivity contribution >= 4 is 53.3 Å². The van der Waals surface area contributed by atoms with Gasteiger partial charge in [0.25, 0.3) is 0 Å². The summed E-state index contributed by atoms with van der Waals surface area (Å²) in [7, 11) is 0. The SMILES string of the molecule is c1ccc(-c2ccc(-c3nc(-c4cc(-c5ccccc5)c(-n5c6ccc(-c7ccccc7)cc6c6cc(-c7ccccc7)ccc65)c(-c5ccccc5)c4)nc(-c4cccc5sc6ccccc6c45)n3)cc2)cc1. The van der Waals surface area contributed by atoms with Crippen LogP contribution < -0.4 is 0 Å². The molecular formula is C69H44N4S. The number of fused-ring (bicyclic) bond motifs is 6. The van der Waals surface area contributed by atoms with E-state index < -0.39 is 0 Å². The molecule has 14 aromatic rings. The van der Waals surface area contributed by atoms with E-state index in [2.05, 4.69) is 265 Å². The first-order valence-corrected chi connectivity index (χ1v) is 25.8. The third-order valence-electron chi connectivity index (χ3n) is 14.3. The number of thiophene rings is 1. The van der Waals surface area contributed by atoms with E-state index >= 15 is 0 Å². The molecule has 4 nitrogen and oxygen atoms in total. The molecule has 74 heavy (non-hydrogen) atoms. The first-order valence-electron chi connectivity index (χ1n) is 25.0. The Morgan fingerprint density at radius 1 is 0.257 bits per heavy atom. The van der Waals surface area contributed by atoms with Gasteiger partial charge < -0.3 is 4.57 Å². The molecule has 0 spiro atoms. The second kappa shape index (κ2) is 18.2. The highest BCUT2D eigenvalue weighted by Crippen LogP contribution is 2.46. The molecular weight excluding hydrogens is 917 g/mol. The van der Waals surface area contributed by atoms with E-state index in [0.717, 1.165) is 72.2 Å². The van der Waals surface area contributed by atoms with Crippen LogP contribution in [-0.2, 0) is 0 Å². The molecule has 3 aromatic heterocycles. The summed E-state index contributed by atoms with van der Waals surface area (Å²) in [6.45, 7) is 0. The minimum atomic E-state index is 0.594. The summed E-state index contributed by atoms with van der Waals surface area (Å²) in [5.74, 6) is 1.83. The number of hydrogen-bond donors (Lipinski definition) is 0. The van der Waals surface area contributed by atoms with Crippen molar-refractivity contribution in [3.8, 4) is 95.5 Å². The van der Waals surface area contributed by atoms with Gasteiger partial charge in [-0.25, -0.2) is 15.0 Å². The zero-order valence-corrected chi connectivity index (χ0v) is 40.9. The lowest BCUT2D eigenvalue weighted by molar-refractivity contribution is 1.08. The van der Waals surface area contributed by atoms with Gasteiger partial charge in [0.2, 0.25) is 0 Å². The number of benzene rings is 11. The lowest BCUT2D eigenvalue weighted by Crippen LogP contribution is -2.04. The average molecular weight is 961 g/mol. The summed E-state index contributed by atoms with van der Waals surface area (Å²) >= 11 is 1.80. The third kappa shape index (κ3) is 7.66. The summed E-state index contributed by atoms with van der Waals surface area (Å²) in [4.78, 5) is 16.3. The van der Waals surface area contributed by atoms with Crippen molar-refractivity contribution in [3.63, 3.8) is 0 Å². The van der Waals surface area contributed by atoms with Crippen LogP contribution in [0, 0.1) is 0 Å². The summed E-state index contributed by atoms with van der Waals surface area (Å²) in [5.41, 5.74) is 17.4. The maximum absolute atomic E-state index is 5.52. The maximum Gasteiger partial charge on any atom is 0.164 e. The van der Waals surface area contributed by atoms with Crippen molar-refractivity contribution in [2.45, 2.75) is 0 Å². The molecule has 5 heteroatoms. The van der Waals surface area contributed by atoms with Crippen LogP contribution in [0.4, 0.5) is 0 Å². The number of hydrogen-bond acceptors (Lipinski definition) is 4. The Balaban J connectivity index is 1.05. The Kier molecular flexibility index (Phi) is 10.7. The van der Waals surface area contributed by atoms with Gasteiger partial charge in [-0.05, 0) is 93.0 Å². The van der Waals surface area contributed by atoms with Crippen LogP contribution in [0.2, 0.25) is 0 Å². The highest BCUT2D eigenvalue weighted by molar-refractivity contribution is 7.25. The fourth-order valence-electron chi connectivity index (χ4n) is 10.7.